The lowest BCUT2D eigenvalue weighted by molar-refractivity contribution is -0.115. The number of nitriles is 1. The first-order valence-electron chi connectivity index (χ1n) is 8.63. The summed E-state index contributed by atoms with van der Waals surface area (Å²) >= 11 is 1.37. The lowest BCUT2D eigenvalue weighted by atomic mass is 10.1. The highest BCUT2D eigenvalue weighted by molar-refractivity contribution is 8.00. The number of nitrogens with one attached hydrogen (secondary N) is 2. The normalized spacial score (nSPS) is 11.6. The Bertz CT molecular complexity index is 975. The van der Waals surface area contributed by atoms with Gasteiger partial charge in [0, 0.05) is 12.1 Å². The van der Waals surface area contributed by atoms with Crippen molar-refractivity contribution in [3.63, 3.8) is 0 Å². The van der Waals surface area contributed by atoms with Gasteiger partial charge in [-0.15, -0.1) is 0 Å². The van der Waals surface area contributed by atoms with Gasteiger partial charge in [0.25, 0.3) is 0 Å². The molecule has 6 heteroatoms. The number of para-hydroxylation sites is 1. The van der Waals surface area contributed by atoms with Gasteiger partial charge in [-0.2, -0.15) is 5.26 Å². The fourth-order valence-electron chi connectivity index (χ4n) is 2.63. The summed E-state index contributed by atoms with van der Waals surface area (Å²) < 4.78 is 0. The number of aromatic amines is 1. The molecule has 0 aliphatic heterocycles. The molecule has 0 aliphatic carbocycles. The number of aromatic nitrogens is 2. The summed E-state index contributed by atoms with van der Waals surface area (Å²) in [6.45, 7) is 3.81. The number of carbonyl (C=O) groups excluding carboxylic acids is 1. The highest BCUT2D eigenvalue weighted by Gasteiger charge is 2.18. The molecule has 1 unspecified atom stereocenters. The monoisotopic (exact) mass is 376 g/mol. The zero-order valence-electron chi connectivity index (χ0n) is 15.2. The number of aryl methyl sites for hydroxylation is 1. The number of benzene rings is 2. The Morgan fingerprint density at radius 3 is 2.67 bits per heavy atom. The third-order valence-corrected chi connectivity index (χ3v) is 5.13. The fraction of sp³-hybridized carbons (Fsp3) is 0.190. The lowest BCUT2D eigenvalue weighted by Crippen LogP contribution is -2.23. The number of imidazole rings is 1. The van der Waals surface area contributed by atoms with Crippen molar-refractivity contribution in [2.45, 2.75) is 30.7 Å². The van der Waals surface area contributed by atoms with E-state index < -0.39 is 0 Å². The van der Waals surface area contributed by atoms with Gasteiger partial charge in [-0.25, -0.2) is 4.98 Å². The molecule has 1 atom stereocenters. The largest absolute Gasteiger partial charge is 0.337 e. The molecule has 0 aliphatic rings. The van der Waals surface area contributed by atoms with Crippen LogP contribution in [0.1, 0.15) is 29.4 Å². The van der Waals surface area contributed by atoms with E-state index in [-0.39, 0.29) is 11.2 Å². The van der Waals surface area contributed by atoms with Crippen molar-refractivity contribution in [1.29, 1.82) is 5.26 Å². The maximum Gasteiger partial charge on any atom is 0.237 e. The highest BCUT2D eigenvalue weighted by Crippen LogP contribution is 2.24. The molecule has 0 bridgehead atoms. The number of rotatable bonds is 6. The van der Waals surface area contributed by atoms with E-state index in [4.69, 9.17) is 5.26 Å². The van der Waals surface area contributed by atoms with Crippen molar-refractivity contribution in [3.05, 3.63) is 77.1 Å². The van der Waals surface area contributed by atoms with E-state index in [2.05, 4.69) is 33.5 Å². The van der Waals surface area contributed by atoms with Crippen LogP contribution in [0.5, 0.6) is 0 Å². The maximum absolute atomic E-state index is 12.5. The summed E-state index contributed by atoms with van der Waals surface area (Å²) in [6.07, 6.45) is 0.750. The predicted molar refractivity (Wildman–Crippen MR) is 108 cm³/mol. The second-order valence-electron chi connectivity index (χ2n) is 6.18. The van der Waals surface area contributed by atoms with Crippen LogP contribution in [0.15, 0.2) is 59.8 Å². The van der Waals surface area contributed by atoms with Gasteiger partial charge in [0.05, 0.1) is 22.2 Å². The Kier molecular flexibility index (Phi) is 5.94. The van der Waals surface area contributed by atoms with Crippen LogP contribution in [-0.2, 0) is 11.2 Å². The number of thioether (sulfide) groups is 1. The number of amides is 1. The minimum absolute atomic E-state index is 0.165. The quantitative estimate of drug-likeness (QED) is 0.629. The molecule has 5 nitrogen and oxygen atoms in total. The highest BCUT2D eigenvalue weighted by atomic mass is 32.2. The van der Waals surface area contributed by atoms with Gasteiger partial charge >= 0.3 is 0 Å². The first-order chi connectivity index (χ1) is 13.1. The molecule has 27 heavy (non-hydrogen) atoms. The van der Waals surface area contributed by atoms with Crippen molar-refractivity contribution in [3.8, 4) is 6.07 Å². The summed E-state index contributed by atoms with van der Waals surface area (Å²) in [5.74, 6) is -0.165. The zero-order valence-corrected chi connectivity index (χ0v) is 16.0. The Morgan fingerprint density at radius 2 is 1.93 bits per heavy atom. The van der Waals surface area contributed by atoms with Crippen LogP contribution in [0, 0.1) is 18.3 Å². The van der Waals surface area contributed by atoms with Crippen LogP contribution in [0.4, 0.5) is 5.69 Å². The van der Waals surface area contributed by atoms with Crippen LogP contribution in [0.3, 0.4) is 0 Å². The smallest absolute Gasteiger partial charge is 0.237 e. The number of carbonyl (C=O) groups is 1. The van der Waals surface area contributed by atoms with Crippen LogP contribution in [0.25, 0.3) is 0 Å². The third-order valence-electron chi connectivity index (χ3n) is 4.14. The Labute approximate surface area is 162 Å². The summed E-state index contributed by atoms with van der Waals surface area (Å²) in [5, 5.41) is 12.3. The minimum atomic E-state index is -0.355. The second-order valence-corrected chi connectivity index (χ2v) is 7.51. The van der Waals surface area contributed by atoms with Crippen molar-refractivity contribution in [2.24, 2.45) is 0 Å². The van der Waals surface area contributed by atoms with E-state index >= 15 is 0 Å². The van der Waals surface area contributed by atoms with Gasteiger partial charge < -0.3 is 10.3 Å². The number of H-pyrrole nitrogens is 1. The van der Waals surface area contributed by atoms with Gasteiger partial charge in [-0.3, -0.25) is 4.79 Å². The molecule has 0 saturated carbocycles. The van der Waals surface area contributed by atoms with E-state index in [1.165, 1.54) is 17.3 Å². The van der Waals surface area contributed by atoms with Gasteiger partial charge in [0.1, 0.15) is 6.07 Å². The van der Waals surface area contributed by atoms with Crippen molar-refractivity contribution in [1.82, 2.24) is 9.97 Å². The van der Waals surface area contributed by atoms with E-state index in [0.29, 0.717) is 11.3 Å². The van der Waals surface area contributed by atoms with E-state index in [1.807, 2.05) is 32.0 Å². The molecule has 0 fully saturated rings. The third kappa shape index (κ3) is 4.78. The van der Waals surface area contributed by atoms with Crippen LogP contribution < -0.4 is 5.32 Å². The average molecular weight is 376 g/mol. The molecule has 3 rings (SSSR count). The molecule has 2 aromatic carbocycles. The number of hydrogen-bond acceptors (Lipinski definition) is 4. The molecular weight excluding hydrogens is 356 g/mol. The fourth-order valence-corrected chi connectivity index (χ4v) is 3.50. The SMILES string of the molecule is Cc1[nH]c(SC(C)C(=O)Nc2ccccc2C#N)nc1Cc1ccccc1. The maximum atomic E-state index is 12.5. The summed E-state index contributed by atoms with van der Waals surface area (Å²) in [4.78, 5) is 20.4. The van der Waals surface area contributed by atoms with Gasteiger partial charge in [0.15, 0.2) is 5.16 Å². The molecule has 1 aromatic heterocycles. The van der Waals surface area contributed by atoms with E-state index in [1.54, 1.807) is 24.3 Å². The van der Waals surface area contributed by atoms with E-state index in [0.717, 1.165) is 23.0 Å². The van der Waals surface area contributed by atoms with Crippen LogP contribution >= 0.6 is 11.8 Å². The zero-order chi connectivity index (χ0) is 19.2. The van der Waals surface area contributed by atoms with Gasteiger partial charge in [-0.05, 0) is 31.5 Å². The Hall–Kier alpha value is -3.04. The molecule has 2 N–H and O–H groups in total. The van der Waals surface area contributed by atoms with Crippen LogP contribution in [0.2, 0.25) is 0 Å². The van der Waals surface area contributed by atoms with Crippen LogP contribution in [-0.4, -0.2) is 21.1 Å². The molecule has 1 amide bonds. The summed E-state index contributed by atoms with van der Waals surface area (Å²) in [6, 6.07) is 19.2. The topological polar surface area (TPSA) is 81.6 Å². The van der Waals surface area contributed by atoms with E-state index in [9.17, 15) is 4.79 Å². The first kappa shape index (κ1) is 18.7. The predicted octanol–water partition coefficient (Wildman–Crippen LogP) is 4.30. The molecule has 136 valence electrons. The first-order valence-corrected chi connectivity index (χ1v) is 9.51. The average Bonchev–Trinajstić information content (AvgIpc) is 3.01. The lowest BCUT2D eigenvalue weighted by Gasteiger charge is -2.11. The minimum Gasteiger partial charge on any atom is -0.337 e. The van der Waals surface area contributed by atoms with Crippen molar-refractivity contribution >= 4 is 23.4 Å². The second kappa shape index (κ2) is 8.56. The Morgan fingerprint density at radius 1 is 1.22 bits per heavy atom. The molecule has 3 aromatic rings. The number of nitrogens with zero attached hydrogens (tertiary/aromatic N) is 2. The van der Waals surface area contributed by atoms with Crippen molar-refractivity contribution in [2.75, 3.05) is 5.32 Å². The molecule has 0 saturated heterocycles. The number of anilines is 1. The molecular formula is C21H20N4OS. The summed E-state index contributed by atoms with van der Waals surface area (Å²) in [5.41, 5.74) is 4.15. The Balaban J connectivity index is 1.65. The van der Waals surface area contributed by atoms with Gasteiger partial charge in [-0.1, -0.05) is 54.2 Å². The van der Waals surface area contributed by atoms with Crippen molar-refractivity contribution < 1.29 is 4.79 Å². The molecule has 0 radical (unpaired) electrons. The molecule has 1 heterocycles. The number of hydrogen-bond donors (Lipinski definition) is 2. The standard InChI is InChI=1S/C21H20N4OS/c1-14-19(12-16-8-4-3-5-9-16)25-21(23-14)27-15(2)20(26)24-18-11-7-6-10-17(18)13-22/h3-11,15H,12H2,1-2H3,(H,23,25)(H,24,26). The summed E-state index contributed by atoms with van der Waals surface area (Å²) in [7, 11) is 0. The molecule has 0 spiro atoms. The van der Waals surface area contributed by atoms with Gasteiger partial charge in [0.2, 0.25) is 5.91 Å².